The van der Waals surface area contributed by atoms with Gasteiger partial charge >= 0.3 is 6.18 Å². The molecule has 0 unspecified atom stereocenters. The van der Waals surface area contributed by atoms with Crippen molar-refractivity contribution < 1.29 is 13.2 Å². The molecule has 0 bridgehead atoms. The highest BCUT2D eigenvalue weighted by Gasteiger charge is 2.30. The van der Waals surface area contributed by atoms with Crippen molar-refractivity contribution in [3.8, 4) is 5.69 Å². The van der Waals surface area contributed by atoms with E-state index >= 15 is 0 Å². The van der Waals surface area contributed by atoms with E-state index in [9.17, 15) is 18.0 Å². The molecule has 20 heavy (non-hydrogen) atoms. The number of H-pyrrole nitrogens is 1. The average molecular weight is 284 g/mol. The lowest BCUT2D eigenvalue weighted by Crippen LogP contribution is -2.14. The van der Waals surface area contributed by atoms with Gasteiger partial charge in [-0.15, -0.1) is 0 Å². The summed E-state index contributed by atoms with van der Waals surface area (Å²) in [6.45, 7) is 4.04. The molecule has 0 fully saturated rings. The number of hydrogen-bond acceptors (Lipinski definition) is 1. The molecule has 1 heterocycles. The number of aromatic amines is 1. The van der Waals surface area contributed by atoms with Crippen LogP contribution < -0.4 is 5.56 Å². The van der Waals surface area contributed by atoms with E-state index < -0.39 is 11.7 Å². The number of hydrogen-bond donors (Lipinski definition) is 1. The van der Waals surface area contributed by atoms with Crippen LogP contribution in [-0.4, -0.2) is 9.78 Å². The van der Waals surface area contributed by atoms with Crippen molar-refractivity contribution in [2.24, 2.45) is 5.92 Å². The highest BCUT2D eigenvalue weighted by molar-refractivity contribution is 5.35. The second-order valence-electron chi connectivity index (χ2n) is 5.10. The molecule has 0 aliphatic carbocycles. The molecule has 0 amide bonds. The fourth-order valence-electron chi connectivity index (χ4n) is 1.98. The first kappa shape index (κ1) is 14.4. The molecule has 1 aromatic heterocycles. The van der Waals surface area contributed by atoms with Crippen molar-refractivity contribution >= 4 is 0 Å². The summed E-state index contributed by atoms with van der Waals surface area (Å²) in [5, 5.41) is 2.91. The van der Waals surface area contributed by atoms with Gasteiger partial charge in [-0.1, -0.05) is 13.8 Å². The monoisotopic (exact) mass is 284 g/mol. The van der Waals surface area contributed by atoms with Crippen molar-refractivity contribution in [1.29, 1.82) is 0 Å². The lowest BCUT2D eigenvalue weighted by atomic mass is 10.1. The van der Waals surface area contributed by atoms with Gasteiger partial charge in [-0.3, -0.25) is 9.89 Å². The van der Waals surface area contributed by atoms with Crippen molar-refractivity contribution in [2.45, 2.75) is 26.4 Å². The van der Waals surface area contributed by atoms with E-state index in [1.54, 1.807) is 0 Å². The Hall–Kier alpha value is -1.98. The number of benzene rings is 1. The normalized spacial score (nSPS) is 12.1. The molecule has 2 rings (SSSR count). The van der Waals surface area contributed by atoms with Crippen LogP contribution in [0.5, 0.6) is 0 Å². The second kappa shape index (κ2) is 5.19. The summed E-state index contributed by atoms with van der Waals surface area (Å²) < 4.78 is 38.7. The van der Waals surface area contributed by atoms with Gasteiger partial charge in [0.05, 0.1) is 11.3 Å². The highest BCUT2D eigenvalue weighted by Crippen LogP contribution is 2.29. The third-order valence-electron chi connectivity index (χ3n) is 2.85. The van der Waals surface area contributed by atoms with E-state index in [2.05, 4.69) is 5.10 Å². The van der Waals surface area contributed by atoms with Crippen molar-refractivity contribution in [2.75, 3.05) is 0 Å². The summed E-state index contributed by atoms with van der Waals surface area (Å²) in [4.78, 5) is 11.8. The average Bonchev–Trinajstić information content (AvgIpc) is 2.68. The van der Waals surface area contributed by atoms with Crippen LogP contribution in [0.15, 0.2) is 35.1 Å². The lowest BCUT2D eigenvalue weighted by molar-refractivity contribution is -0.137. The summed E-state index contributed by atoms with van der Waals surface area (Å²) in [7, 11) is 0. The molecule has 0 saturated carbocycles. The van der Waals surface area contributed by atoms with Crippen LogP contribution in [-0.2, 0) is 12.6 Å². The van der Waals surface area contributed by atoms with Crippen LogP contribution in [0.4, 0.5) is 13.2 Å². The quantitative estimate of drug-likeness (QED) is 0.921. The maximum atomic E-state index is 12.5. The smallest absolute Gasteiger partial charge is 0.295 e. The van der Waals surface area contributed by atoms with Gasteiger partial charge in [0.1, 0.15) is 0 Å². The fraction of sp³-hybridized carbons (Fsp3) is 0.357. The number of alkyl halides is 3. The zero-order chi connectivity index (χ0) is 14.9. The Morgan fingerprint density at radius 2 is 1.80 bits per heavy atom. The predicted octanol–water partition coefficient (Wildman–Crippen LogP) is 3.38. The molecule has 3 nitrogen and oxygen atoms in total. The molecule has 1 aromatic carbocycles. The van der Waals surface area contributed by atoms with Crippen LogP contribution in [0.3, 0.4) is 0 Å². The number of rotatable bonds is 3. The van der Waals surface area contributed by atoms with Crippen LogP contribution in [0.1, 0.15) is 25.1 Å². The maximum absolute atomic E-state index is 12.5. The standard InChI is InChI=1S/C14H15F3N2O/c1-9(2)7-11-8-13(20)19(18-11)12-5-3-10(4-6-12)14(15,16)17/h3-6,8-9,18H,7H2,1-2H3. The van der Waals surface area contributed by atoms with Crippen LogP contribution in [0, 0.1) is 5.92 Å². The molecule has 0 aliphatic rings. The minimum atomic E-state index is -4.37. The molecular weight excluding hydrogens is 269 g/mol. The molecule has 108 valence electrons. The van der Waals surface area contributed by atoms with Gasteiger partial charge in [-0.25, -0.2) is 4.68 Å². The molecule has 0 spiro atoms. The van der Waals surface area contributed by atoms with E-state index in [1.165, 1.54) is 22.9 Å². The third-order valence-corrected chi connectivity index (χ3v) is 2.85. The van der Waals surface area contributed by atoms with Crippen molar-refractivity contribution in [1.82, 2.24) is 9.78 Å². The summed E-state index contributed by atoms with van der Waals surface area (Å²) in [6, 6.07) is 5.95. The topological polar surface area (TPSA) is 37.8 Å². The van der Waals surface area contributed by atoms with E-state index in [-0.39, 0.29) is 5.56 Å². The van der Waals surface area contributed by atoms with Crippen molar-refractivity contribution in [3.63, 3.8) is 0 Å². The first-order valence-electron chi connectivity index (χ1n) is 6.26. The lowest BCUT2D eigenvalue weighted by Gasteiger charge is -2.08. The summed E-state index contributed by atoms with van der Waals surface area (Å²) in [5.41, 5.74) is 0.145. The summed E-state index contributed by atoms with van der Waals surface area (Å²) in [6.07, 6.45) is -3.66. The van der Waals surface area contributed by atoms with Crippen LogP contribution >= 0.6 is 0 Å². The van der Waals surface area contributed by atoms with E-state index in [0.29, 0.717) is 18.0 Å². The minimum Gasteiger partial charge on any atom is -0.295 e. The fourth-order valence-corrected chi connectivity index (χ4v) is 1.98. The van der Waals surface area contributed by atoms with E-state index in [4.69, 9.17) is 0 Å². The second-order valence-corrected chi connectivity index (χ2v) is 5.10. The van der Waals surface area contributed by atoms with Gasteiger partial charge < -0.3 is 0 Å². The molecule has 1 N–H and O–H groups in total. The Morgan fingerprint density at radius 3 is 2.30 bits per heavy atom. The molecule has 6 heteroatoms. The predicted molar refractivity (Wildman–Crippen MR) is 69.9 cm³/mol. The number of aromatic nitrogens is 2. The Morgan fingerprint density at radius 1 is 1.20 bits per heavy atom. The van der Waals surface area contributed by atoms with E-state index in [1.807, 2.05) is 13.8 Å². The molecular formula is C14H15F3N2O. The Kier molecular flexibility index (Phi) is 3.74. The van der Waals surface area contributed by atoms with Gasteiger partial charge in [0, 0.05) is 11.8 Å². The number of halogens is 3. The zero-order valence-electron chi connectivity index (χ0n) is 11.2. The Balaban J connectivity index is 2.32. The van der Waals surface area contributed by atoms with Crippen LogP contribution in [0.25, 0.3) is 5.69 Å². The maximum Gasteiger partial charge on any atom is 0.416 e. The van der Waals surface area contributed by atoms with Crippen LogP contribution in [0.2, 0.25) is 0 Å². The number of nitrogens with one attached hydrogen (secondary N) is 1. The van der Waals surface area contributed by atoms with Crippen molar-refractivity contribution in [3.05, 3.63) is 51.9 Å². The molecule has 2 aromatic rings. The molecule has 0 aliphatic heterocycles. The molecule has 0 radical (unpaired) electrons. The Bertz CT molecular complexity index is 636. The molecule has 0 saturated heterocycles. The largest absolute Gasteiger partial charge is 0.416 e. The SMILES string of the molecule is CC(C)Cc1cc(=O)n(-c2ccc(C(F)(F)F)cc2)[nH]1. The van der Waals surface area contributed by atoms with Gasteiger partial charge in [-0.2, -0.15) is 13.2 Å². The first-order chi connectivity index (χ1) is 9.27. The summed E-state index contributed by atoms with van der Waals surface area (Å²) >= 11 is 0. The van der Waals surface area contributed by atoms with Gasteiger partial charge in [0.25, 0.3) is 5.56 Å². The molecule has 0 atom stereocenters. The van der Waals surface area contributed by atoms with Gasteiger partial charge in [0.2, 0.25) is 0 Å². The third kappa shape index (κ3) is 3.12. The highest BCUT2D eigenvalue weighted by atomic mass is 19.4. The number of nitrogens with zero attached hydrogens (tertiary/aromatic N) is 1. The zero-order valence-corrected chi connectivity index (χ0v) is 11.2. The minimum absolute atomic E-state index is 0.277. The Labute approximate surface area is 114 Å². The van der Waals surface area contributed by atoms with Gasteiger partial charge in [-0.05, 0) is 36.6 Å². The van der Waals surface area contributed by atoms with Gasteiger partial charge in [0.15, 0.2) is 0 Å². The first-order valence-corrected chi connectivity index (χ1v) is 6.26. The summed E-state index contributed by atoms with van der Waals surface area (Å²) in [5.74, 6) is 0.383. The van der Waals surface area contributed by atoms with E-state index in [0.717, 1.165) is 17.8 Å².